The van der Waals surface area contributed by atoms with Crippen molar-refractivity contribution in [1.29, 1.82) is 0 Å². The molecule has 2 heterocycles. The van der Waals surface area contributed by atoms with Gasteiger partial charge in [0.15, 0.2) is 0 Å². The van der Waals surface area contributed by atoms with Crippen LogP contribution in [0.3, 0.4) is 0 Å². The first-order valence-electron chi connectivity index (χ1n) is 11.1. The summed E-state index contributed by atoms with van der Waals surface area (Å²) in [7, 11) is -1.20. The number of aromatic nitrogens is 3. The Hall–Kier alpha value is -1.72. The molecule has 34 heavy (non-hydrogen) atoms. The van der Waals surface area contributed by atoms with Crippen molar-refractivity contribution in [3.8, 4) is 11.1 Å². The fourth-order valence-electron chi connectivity index (χ4n) is 3.34. The van der Waals surface area contributed by atoms with E-state index in [0.717, 1.165) is 6.04 Å². The minimum Gasteiger partial charge on any atom is -0.398 e. The number of aryl methyl sites for hydroxylation is 1. The van der Waals surface area contributed by atoms with Gasteiger partial charge >= 0.3 is 0 Å². The maximum atomic E-state index is 15.1. The minimum atomic E-state index is -1.27. The first-order valence-corrected chi connectivity index (χ1v) is 15.7. The van der Waals surface area contributed by atoms with E-state index in [9.17, 15) is 4.79 Å². The molecule has 0 bridgehead atoms. The monoisotopic (exact) mass is 532 g/mol. The molecule has 2 aromatic heterocycles. The van der Waals surface area contributed by atoms with E-state index < -0.39 is 30.3 Å². The highest BCUT2D eigenvalue weighted by Gasteiger charge is 2.30. The molecule has 0 aliphatic rings. The molecular weight excluding hydrogens is 498 g/mol. The van der Waals surface area contributed by atoms with Gasteiger partial charge in [0.2, 0.25) is 11.9 Å². The topological polar surface area (TPSA) is 121 Å². The molecule has 8 nitrogen and oxygen atoms in total. The molecule has 0 unspecified atom stereocenters. The summed E-state index contributed by atoms with van der Waals surface area (Å²) in [5.74, 6) is -1.40. The highest BCUT2D eigenvalue weighted by molar-refractivity contribution is 6.76. The third kappa shape index (κ3) is 7.64. The fraction of sp³-hybridized carbons (Fsp3) is 0.591. The van der Waals surface area contributed by atoms with E-state index in [0.29, 0.717) is 30.0 Å². The quantitative estimate of drug-likeness (QED) is 0.165. The van der Waals surface area contributed by atoms with Crippen LogP contribution in [0.2, 0.25) is 25.7 Å². The molecule has 0 saturated heterocycles. The molecule has 5 N–H and O–H groups in total. The van der Waals surface area contributed by atoms with Gasteiger partial charge in [-0.3, -0.25) is 4.79 Å². The van der Waals surface area contributed by atoms with Crippen molar-refractivity contribution >= 4 is 48.7 Å². The summed E-state index contributed by atoms with van der Waals surface area (Å²) >= 11 is 11.5. The molecule has 12 heteroatoms. The molecule has 0 fully saturated rings. The summed E-state index contributed by atoms with van der Waals surface area (Å²) in [6.07, 6.45) is 0.570. The smallest absolute Gasteiger partial charge is 0.245 e. The lowest BCUT2D eigenvalue weighted by Gasteiger charge is -2.23. The van der Waals surface area contributed by atoms with Gasteiger partial charge in [0.25, 0.3) is 0 Å². The maximum absolute atomic E-state index is 15.1. The van der Waals surface area contributed by atoms with Gasteiger partial charge in [0.1, 0.15) is 17.4 Å². The number of amides is 1. The highest BCUT2D eigenvalue weighted by atomic mass is 35.5. The van der Waals surface area contributed by atoms with Gasteiger partial charge in [0, 0.05) is 37.7 Å². The summed E-state index contributed by atoms with van der Waals surface area (Å²) in [6.45, 7) is 12.9. The number of alkyl halides is 2. The largest absolute Gasteiger partial charge is 0.398 e. The van der Waals surface area contributed by atoms with Crippen LogP contribution < -0.4 is 16.8 Å². The van der Waals surface area contributed by atoms with Crippen LogP contribution in [0.4, 0.5) is 15.9 Å². The summed E-state index contributed by atoms with van der Waals surface area (Å²) in [5, 5.41) is 7.01. The van der Waals surface area contributed by atoms with Crippen LogP contribution in [0, 0.1) is 19.8 Å². The third-order valence-corrected chi connectivity index (χ3v) is 7.63. The van der Waals surface area contributed by atoms with Gasteiger partial charge in [0.05, 0.1) is 16.8 Å². The van der Waals surface area contributed by atoms with E-state index in [-0.39, 0.29) is 30.2 Å². The van der Waals surface area contributed by atoms with Gasteiger partial charge in [-0.1, -0.05) is 19.6 Å². The van der Waals surface area contributed by atoms with Crippen LogP contribution in [0.25, 0.3) is 11.1 Å². The molecule has 1 atom stereocenters. The number of pyridine rings is 1. The first kappa shape index (κ1) is 28.5. The second-order valence-electron chi connectivity index (χ2n) is 9.96. The maximum Gasteiger partial charge on any atom is 0.245 e. The lowest BCUT2D eigenvalue weighted by Crippen LogP contribution is -2.48. The van der Waals surface area contributed by atoms with E-state index in [1.54, 1.807) is 18.5 Å². The zero-order valence-electron chi connectivity index (χ0n) is 20.6. The van der Waals surface area contributed by atoms with Crippen molar-refractivity contribution in [2.45, 2.75) is 76.4 Å². The second-order valence-corrected chi connectivity index (χ2v) is 16.9. The van der Waals surface area contributed by atoms with Crippen molar-refractivity contribution in [3.05, 3.63) is 23.4 Å². The molecule has 0 aliphatic carbocycles. The van der Waals surface area contributed by atoms with E-state index in [2.05, 4.69) is 35.0 Å². The number of carbonyl (C=O) groups excluding carboxylic acids is 1. The Balaban J connectivity index is 2.22. The number of nitrogens with one attached hydrogen (secondary N) is 1. The predicted molar refractivity (Wildman–Crippen MR) is 139 cm³/mol. The van der Waals surface area contributed by atoms with E-state index in [4.69, 9.17) is 39.4 Å². The van der Waals surface area contributed by atoms with Crippen molar-refractivity contribution in [1.82, 2.24) is 14.8 Å². The van der Waals surface area contributed by atoms with Crippen LogP contribution in [0.15, 0.2) is 6.07 Å². The minimum absolute atomic E-state index is 0.0360. The summed E-state index contributed by atoms with van der Waals surface area (Å²) < 4.78 is 22.6. The number of carbonyl (C=O) groups is 1. The molecule has 0 saturated carbocycles. The van der Waals surface area contributed by atoms with E-state index >= 15 is 4.39 Å². The molecule has 0 radical (unpaired) electrons. The van der Waals surface area contributed by atoms with Gasteiger partial charge in [-0.2, -0.15) is 9.49 Å². The number of anilines is 2. The van der Waals surface area contributed by atoms with Crippen molar-refractivity contribution < 1.29 is 13.9 Å². The Morgan fingerprint density at radius 2 is 1.97 bits per heavy atom. The van der Waals surface area contributed by atoms with Crippen LogP contribution in [0.1, 0.15) is 31.2 Å². The number of hydrogen-bond donors (Lipinski definition) is 3. The molecule has 0 spiro atoms. The molecule has 1 amide bonds. The lowest BCUT2D eigenvalue weighted by molar-refractivity contribution is -0.120. The van der Waals surface area contributed by atoms with Crippen LogP contribution in [-0.4, -0.2) is 45.7 Å². The molecular formula is C22H35Cl2FN6O2Si. The van der Waals surface area contributed by atoms with Crippen LogP contribution in [-0.2, 0) is 16.3 Å². The molecule has 190 valence electrons. The van der Waals surface area contributed by atoms with E-state index in [1.807, 2.05) is 6.92 Å². The van der Waals surface area contributed by atoms with Gasteiger partial charge in [-0.15, -0.1) is 23.2 Å². The number of ether oxygens (including phenoxy) is 1. The first-order chi connectivity index (χ1) is 15.6. The lowest BCUT2D eigenvalue weighted by atomic mass is 9.96. The Morgan fingerprint density at radius 1 is 1.32 bits per heavy atom. The van der Waals surface area contributed by atoms with Gasteiger partial charge in [-0.25, -0.2) is 9.67 Å². The number of nitrogens with zero attached hydrogens (tertiary/aromatic N) is 3. The number of hydrogen-bond acceptors (Lipinski definition) is 6. The van der Waals surface area contributed by atoms with Crippen molar-refractivity contribution in [2.24, 2.45) is 5.73 Å². The standard InChI is InChI=1S/C22H35Cl2FN6O2Si/c1-13-18(14(2)31(30-13)12-33-9-10-34(4,5)6)19-15(26)11-17(28-20(19)25)29-21(32)22(3,27)8-7-16(23)24/h11,16H,7-10,12,27H2,1-6H3,(H3,26,28,29,32)/t22-/m0/s1. The van der Waals surface area contributed by atoms with Gasteiger partial charge < -0.3 is 21.5 Å². The Labute approximate surface area is 211 Å². The molecule has 2 aromatic rings. The summed E-state index contributed by atoms with van der Waals surface area (Å²) in [5.41, 5.74) is 13.1. The van der Waals surface area contributed by atoms with Crippen LogP contribution >= 0.6 is 23.2 Å². The average molecular weight is 534 g/mol. The van der Waals surface area contributed by atoms with Crippen molar-refractivity contribution in [3.63, 3.8) is 0 Å². The number of nitrogen functional groups attached to an aromatic ring is 1. The Bertz CT molecular complexity index is 1000. The zero-order chi connectivity index (χ0) is 25.8. The summed E-state index contributed by atoms with van der Waals surface area (Å²) in [4.78, 5) is 15.8. The highest BCUT2D eigenvalue weighted by Crippen LogP contribution is 2.34. The predicted octanol–water partition coefficient (Wildman–Crippen LogP) is 4.84. The summed E-state index contributed by atoms with van der Waals surface area (Å²) in [6, 6.07) is 2.44. The van der Waals surface area contributed by atoms with E-state index in [1.165, 1.54) is 6.07 Å². The second kappa shape index (κ2) is 11.3. The Kier molecular flexibility index (Phi) is 9.51. The van der Waals surface area contributed by atoms with Gasteiger partial charge in [-0.05, 0) is 39.7 Å². The zero-order valence-corrected chi connectivity index (χ0v) is 23.1. The average Bonchev–Trinajstić information content (AvgIpc) is 2.96. The number of rotatable bonds is 11. The fourth-order valence-corrected chi connectivity index (χ4v) is 4.31. The Morgan fingerprint density at radius 3 is 2.53 bits per heavy atom. The SMILES string of the molecule is Cc1nn(COCC[Si](C)(C)C)c(C)c1-c1c(N)cc(NC(=O)[C@@](C)(N)CCC(Cl)Cl)nc1F. The molecule has 2 rings (SSSR count). The van der Waals surface area contributed by atoms with Crippen LogP contribution in [0.5, 0.6) is 0 Å². The molecule has 0 aromatic carbocycles. The molecule has 0 aliphatic heterocycles. The number of halogens is 3. The van der Waals surface area contributed by atoms with Crippen molar-refractivity contribution in [2.75, 3.05) is 17.7 Å². The normalized spacial score (nSPS) is 13.9. The third-order valence-electron chi connectivity index (χ3n) is 5.49. The number of nitrogens with two attached hydrogens (primary N) is 2.